The zero-order valence-electron chi connectivity index (χ0n) is 18.7. The Kier molecular flexibility index (Phi) is 7.09. The summed E-state index contributed by atoms with van der Waals surface area (Å²) in [7, 11) is 1.63. The predicted molar refractivity (Wildman–Crippen MR) is 128 cm³/mol. The molecule has 0 aliphatic rings. The molecule has 4 rings (SSSR count). The maximum absolute atomic E-state index is 12.8. The Morgan fingerprint density at radius 3 is 2.68 bits per heavy atom. The Morgan fingerprint density at radius 1 is 1.09 bits per heavy atom. The van der Waals surface area contributed by atoms with Crippen molar-refractivity contribution in [2.24, 2.45) is 0 Å². The van der Waals surface area contributed by atoms with E-state index in [1.807, 2.05) is 12.1 Å². The van der Waals surface area contributed by atoms with Crippen LogP contribution in [0, 0.1) is 0 Å². The second-order valence-electron chi connectivity index (χ2n) is 7.62. The molecule has 174 valence electrons. The summed E-state index contributed by atoms with van der Waals surface area (Å²) in [5.41, 5.74) is 9.08. The summed E-state index contributed by atoms with van der Waals surface area (Å²) < 4.78 is 6.96. The second kappa shape index (κ2) is 10.5. The molecule has 1 aromatic carbocycles. The highest BCUT2D eigenvalue weighted by atomic mass is 16.5. The van der Waals surface area contributed by atoms with Gasteiger partial charge in [0.15, 0.2) is 5.65 Å². The first-order valence-corrected chi connectivity index (χ1v) is 10.7. The van der Waals surface area contributed by atoms with Crippen LogP contribution in [-0.4, -0.2) is 45.1 Å². The number of pyridine rings is 2. The molecule has 4 aromatic rings. The summed E-state index contributed by atoms with van der Waals surface area (Å²) in [4.78, 5) is 38.4. The molecule has 0 atom stereocenters. The van der Waals surface area contributed by atoms with Crippen molar-refractivity contribution in [1.29, 1.82) is 0 Å². The van der Waals surface area contributed by atoms with Crippen molar-refractivity contribution >= 4 is 34.6 Å². The van der Waals surface area contributed by atoms with E-state index < -0.39 is 0 Å². The number of nitrogens with one attached hydrogen (secondary N) is 2. The van der Waals surface area contributed by atoms with Crippen molar-refractivity contribution in [3.05, 3.63) is 77.7 Å². The van der Waals surface area contributed by atoms with Crippen molar-refractivity contribution in [1.82, 2.24) is 24.8 Å². The minimum absolute atomic E-state index is 0.273. The molecule has 34 heavy (non-hydrogen) atoms. The van der Waals surface area contributed by atoms with Crippen LogP contribution < -0.4 is 16.4 Å². The number of nitrogens with zero attached hydrogens (tertiary/aromatic N) is 4. The molecule has 0 saturated carbocycles. The number of nitrogens with two attached hydrogens (primary N) is 1. The van der Waals surface area contributed by atoms with E-state index in [0.717, 1.165) is 5.56 Å². The number of carbonyl (C=O) groups is 2. The molecule has 2 amide bonds. The Hall–Kier alpha value is -4.31. The van der Waals surface area contributed by atoms with Gasteiger partial charge < -0.3 is 15.8 Å². The smallest absolute Gasteiger partial charge is 0.258 e. The highest BCUT2D eigenvalue weighted by molar-refractivity contribution is 6.04. The number of benzene rings is 1. The van der Waals surface area contributed by atoms with Crippen LogP contribution in [0.1, 0.15) is 32.7 Å². The van der Waals surface area contributed by atoms with Crippen LogP contribution >= 0.6 is 0 Å². The highest BCUT2D eigenvalue weighted by Gasteiger charge is 2.17. The third kappa shape index (κ3) is 5.36. The summed E-state index contributed by atoms with van der Waals surface area (Å²) in [5, 5.41) is 5.70. The van der Waals surface area contributed by atoms with Gasteiger partial charge in [0, 0.05) is 56.6 Å². The van der Waals surface area contributed by atoms with Gasteiger partial charge >= 0.3 is 0 Å². The number of aromatic nitrogens is 4. The first-order chi connectivity index (χ1) is 16.5. The monoisotopic (exact) mass is 459 g/mol. The summed E-state index contributed by atoms with van der Waals surface area (Å²) in [6.45, 7) is 1.43. The maximum Gasteiger partial charge on any atom is 0.258 e. The van der Waals surface area contributed by atoms with Gasteiger partial charge in [-0.3, -0.25) is 24.5 Å². The molecule has 4 N–H and O–H groups in total. The lowest BCUT2D eigenvalue weighted by Crippen LogP contribution is -2.23. The van der Waals surface area contributed by atoms with Gasteiger partial charge in [0.25, 0.3) is 11.8 Å². The number of fused-ring (bicyclic) bond motifs is 1. The lowest BCUT2D eigenvalue weighted by atomic mass is 10.2. The molecule has 0 aliphatic carbocycles. The van der Waals surface area contributed by atoms with Gasteiger partial charge in [-0.2, -0.15) is 0 Å². The van der Waals surface area contributed by atoms with Crippen LogP contribution in [0.25, 0.3) is 11.2 Å². The summed E-state index contributed by atoms with van der Waals surface area (Å²) >= 11 is 0. The zero-order chi connectivity index (χ0) is 23.9. The van der Waals surface area contributed by atoms with Crippen molar-refractivity contribution in [2.75, 3.05) is 24.8 Å². The molecule has 0 bridgehead atoms. The minimum atomic E-state index is -0.342. The van der Waals surface area contributed by atoms with Crippen LogP contribution in [0.5, 0.6) is 0 Å². The molecule has 10 heteroatoms. The number of anilines is 2. The lowest BCUT2D eigenvalue weighted by Gasteiger charge is -2.10. The van der Waals surface area contributed by atoms with E-state index >= 15 is 0 Å². The number of carbonyl (C=O) groups excluding carboxylic acids is 2. The number of aryl methyl sites for hydroxylation is 1. The van der Waals surface area contributed by atoms with E-state index in [1.54, 1.807) is 54.4 Å². The van der Waals surface area contributed by atoms with Crippen LogP contribution in [-0.2, 0) is 17.8 Å². The fourth-order valence-corrected chi connectivity index (χ4v) is 3.45. The Labute approximate surface area is 196 Å². The Bertz CT molecular complexity index is 1300. The van der Waals surface area contributed by atoms with Gasteiger partial charge in [0.05, 0.1) is 5.56 Å². The molecule has 0 radical (unpaired) electrons. The standard InChI is InChI=1S/C24H25N7O3/c1-34-11-3-10-31-21-20(29-24(31)30-23(33)17-4-2-5-19(25)12-17)13-18(15-27-21)22(32)28-14-16-6-8-26-9-7-16/h2,4-9,12-13,15H,3,10-11,14,25H2,1H3,(H,28,32)(H,29,30,33). The number of ether oxygens (including phenoxy) is 1. The molecule has 0 fully saturated rings. The quantitative estimate of drug-likeness (QED) is 0.258. The molecule has 3 aromatic heterocycles. The van der Waals surface area contributed by atoms with Gasteiger partial charge in [0.2, 0.25) is 5.95 Å². The van der Waals surface area contributed by atoms with Crippen molar-refractivity contribution in [3.63, 3.8) is 0 Å². The average Bonchev–Trinajstić information content (AvgIpc) is 3.19. The van der Waals surface area contributed by atoms with E-state index in [4.69, 9.17) is 10.5 Å². The van der Waals surface area contributed by atoms with E-state index in [2.05, 4.69) is 25.6 Å². The third-order valence-corrected chi connectivity index (χ3v) is 5.15. The number of imidazole rings is 1. The van der Waals surface area contributed by atoms with Crippen molar-refractivity contribution in [3.8, 4) is 0 Å². The van der Waals surface area contributed by atoms with Crippen LogP contribution in [0.2, 0.25) is 0 Å². The number of hydrogen-bond donors (Lipinski definition) is 3. The number of nitrogen functional groups attached to an aromatic ring is 1. The Morgan fingerprint density at radius 2 is 1.91 bits per heavy atom. The van der Waals surface area contributed by atoms with Crippen LogP contribution in [0.3, 0.4) is 0 Å². The number of hydrogen-bond acceptors (Lipinski definition) is 7. The molecular weight excluding hydrogens is 434 g/mol. The largest absolute Gasteiger partial charge is 0.399 e. The number of methoxy groups -OCH3 is 1. The van der Waals surface area contributed by atoms with Gasteiger partial charge in [-0.15, -0.1) is 0 Å². The maximum atomic E-state index is 12.8. The van der Waals surface area contributed by atoms with Gasteiger partial charge in [-0.05, 0) is 48.4 Å². The fourth-order valence-electron chi connectivity index (χ4n) is 3.45. The van der Waals surface area contributed by atoms with Gasteiger partial charge in [0.1, 0.15) is 5.52 Å². The lowest BCUT2D eigenvalue weighted by molar-refractivity contribution is 0.0949. The first kappa shape index (κ1) is 22.9. The SMILES string of the molecule is COCCCn1c(NC(=O)c2cccc(N)c2)nc2cc(C(=O)NCc3ccncc3)cnc21. The zero-order valence-corrected chi connectivity index (χ0v) is 18.7. The average molecular weight is 460 g/mol. The molecule has 0 aliphatic heterocycles. The normalized spacial score (nSPS) is 10.9. The summed E-state index contributed by atoms with van der Waals surface area (Å²) in [6, 6.07) is 12.0. The van der Waals surface area contributed by atoms with E-state index in [0.29, 0.717) is 60.0 Å². The number of rotatable bonds is 9. The topological polar surface area (TPSA) is 137 Å². The van der Waals surface area contributed by atoms with Crippen molar-refractivity contribution < 1.29 is 14.3 Å². The highest BCUT2D eigenvalue weighted by Crippen LogP contribution is 2.21. The van der Waals surface area contributed by atoms with E-state index in [9.17, 15) is 9.59 Å². The second-order valence-corrected chi connectivity index (χ2v) is 7.62. The molecular formula is C24H25N7O3. The molecule has 10 nitrogen and oxygen atoms in total. The third-order valence-electron chi connectivity index (χ3n) is 5.15. The van der Waals surface area contributed by atoms with Gasteiger partial charge in [-0.25, -0.2) is 9.97 Å². The van der Waals surface area contributed by atoms with Crippen LogP contribution in [0.4, 0.5) is 11.6 Å². The summed E-state index contributed by atoms with van der Waals surface area (Å²) in [5.74, 6) is -0.281. The molecule has 3 heterocycles. The predicted octanol–water partition coefficient (Wildman–Crippen LogP) is 2.63. The van der Waals surface area contributed by atoms with Crippen molar-refractivity contribution in [2.45, 2.75) is 19.5 Å². The fraction of sp³-hybridized carbons (Fsp3) is 0.208. The van der Waals surface area contributed by atoms with E-state index in [1.165, 1.54) is 6.20 Å². The molecule has 0 unspecified atom stereocenters. The Balaban J connectivity index is 1.58. The molecule has 0 spiro atoms. The molecule has 0 saturated heterocycles. The number of amides is 2. The first-order valence-electron chi connectivity index (χ1n) is 10.7. The van der Waals surface area contributed by atoms with Crippen LogP contribution in [0.15, 0.2) is 61.1 Å². The van der Waals surface area contributed by atoms with E-state index in [-0.39, 0.29) is 11.8 Å². The minimum Gasteiger partial charge on any atom is -0.399 e. The summed E-state index contributed by atoms with van der Waals surface area (Å²) in [6.07, 6.45) is 5.54. The van der Waals surface area contributed by atoms with Gasteiger partial charge in [-0.1, -0.05) is 6.07 Å².